The standard InChI is InChI=1S/C11H13Cl2NO2/c1-6-8(12)7(5-14-9(6)13)10(15)16-11(2,3)4/h5H,1-4H3. The molecule has 0 aliphatic carbocycles. The number of hydrogen-bond donors (Lipinski definition) is 0. The maximum atomic E-state index is 11.8. The van der Waals surface area contributed by atoms with Crippen LogP contribution in [0.15, 0.2) is 6.20 Å². The summed E-state index contributed by atoms with van der Waals surface area (Å²) in [6.45, 7) is 7.06. The SMILES string of the molecule is Cc1c(Cl)ncc(C(=O)OC(C)(C)C)c1Cl. The van der Waals surface area contributed by atoms with Gasteiger partial charge in [-0.3, -0.25) is 0 Å². The molecule has 1 heterocycles. The average Bonchev–Trinajstić information content (AvgIpc) is 2.11. The lowest BCUT2D eigenvalue weighted by molar-refractivity contribution is 0.00692. The molecule has 16 heavy (non-hydrogen) atoms. The summed E-state index contributed by atoms with van der Waals surface area (Å²) < 4.78 is 5.19. The Kier molecular flexibility index (Phi) is 3.81. The van der Waals surface area contributed by atoms with Crippen LogP contribution in [0.4, 0.5) is 0 Å². The summed E-state index contributed by atoms with van der Waals surface area (Å²) in [6, 6.07) is 0. The number of aromatic nitrogens is 1. The van der Waals surface area contributed by atoms with Gasteiger partial charge in [-0.1, -0.05) is 23.2 Å². The van der Waals surface area contributed by atoms with E-state index in [9.17, 15) is 4.79 Å². The van der Waals surface area contributed by atoms with Crippen molar-refractivity contribution in [3.8, 4) is 0 Å². The van der Waals surface area contributed by atoms with Crippen molar-refractivity contribution in [2.75, 3.05) is 0 Å². The highest BCUT2D eigenvalue weighted by atomic mass is 35.5. The van der Waals surface area contributed by atoms with Crippen LogP contribution in [0.5, 0.6) is 0 Å². The van der Waals surface area contributed by atoms with Crippen LogP contribution < -0.4 is 0 Å². The number of halogens is 2. The predicted octanol–water partition coefficient (Wildman–Crippen LogP) is 3.65. The van der Waals surface area contributed by atoms with Crippen LogP contribution in [0, 0.1) is 6.92 Å². The maximum absolute atomic E-state index is 11.8. The molecular formula is C11H13Cl2NO2. The summed E-state index contributed by atoms with van der Waals surface area (Å²) >= 11 is 11.8. The smallest absolute Gasteiger partial charge is 0.341 e. The first-order valence-electron chi connectivity index (χ1n) is 4.76. The van der Waals surface area contributed by atoms with E-state index in [-0.39, 0.29) is 15.7 Å². The van der Waals surface area contributed by atoms with Gasteiger partial charge in [-0.05, 0) is 27.7 Å². The molecule has 1 aromatic rings. The number of hydrogen-bond acceptors (Lipinski definition) is 3. The first kappa shape index (κ1) is 13.3. The van der Waals surface area contributed by atoms with Crippen LogP contribution in [0.25, 0.3) is 0 Å². The van der Waals surface area contributed by atoms with Crippen LogP contribution in [-0.2, 0) is 4.74 Å². The first-order valence-corrected chi connectivity index (χ1v) is 5.52. The zero-order valence-electron chi connectivity index (χ0n) is 9.60. The highest BCUT2D eigenvalue weighted by molar-refractivity contribution is 6.37. The third kappa shape index (κ3) is 3.09. The molecule has 0 fully saturated rings. The normalized spacial score (nSPS) is 11.4. The van der Waals surface area contributed by atoms with Crippen LogP contribution in [-0.4, -0.2) is 16.6 Å². The number of carbonyl (C=O) groups is 1. The lowest BCUT2D eigenvalue weighted by Crippen LogP contribution is -2.24. The maximum Gasteiger partial charge on any atom is 0.341 e. The molecule has 0 saturated heterocycles. The minimum absolute atomic E-state index is 0.235. The lowest BCUT2D eigenvalue weighted by Gasteiger charge is -2.20. The van der Waals surface area contributed by atoms with Crippen molar-refractivity contribution in [3.05, 3.63) is 27.5 Å². The first-order chi connectivity index (χ1) is 7.22. The van der Waals surface area contributed by atoms with Gasteiger partial charge in [0.25, 0.3) is 0 Å². The Labute approximate surface area is 105 Å². The summed E-state index contributed by atoms with van der Waals surface area (Å²) in [5.74, 6) is -0.496. The topological polar surface area (TPSA) is 39.2 Å². The van der Waals surface area contributed by atoms with Crippen molar-refractivity contribution in [1.82, 2.24) is 4.98 Å². The second-order valence-corrected chi connectivity index (χ2v) is 5.14. The van der Waals surface area contributed by atoms with E-state index in [2.05, 4.69) is 4.98 Å². The molecule has 0 aliphatic rings. The number of nitrogens with zero attached hydrogens (tertiary/aromatic N) is 1. The molecule has 0 atom stereocenters. The minimum Gasteiger partial charge on any atom is -0.456 e. The summed E-state index contributed by atoms with van der Waals surface area (Å²) in [4.78, 5) is 15.6. The van der Waals surface area contributed by atoms with Crippen molar-refractivity contribution in [1.29, 1.82) is 0 Å². The van der Waals surface area contributed by atoms with E-state index in [1.165, 1.54) is 6.20 Å². The molecule has 1 rings (SSSR count). The van der Waals surface area contributed by atoms with E-state index in [1.54, 1.807) is 27.7 Å². The number of ether oxygens (including phenoxy) is 1. The molecule has 0 amide bonds. The van der Waals surface area contributed by atoms with Crippen molar-refractivity contribution in [2.24, 2.45) is 0 Å². The number of carbonyl (C=O) groups excluding carboxylic acids is 1. The molecule has 88 valence electrons. The van der Waals surface area contributed by atoms with Crippen LogP contribution in [0.1, 0.15) is 36.7 Å². The van der Waals surface area contributed by atoms with Gasteiger partial charge in [0.05, 0.1) is 10.6 Å². The summed E-state index contributed by atoms with van der Waals surface area (Å²) in [7, 11) is 0. The minimum atomic E-state index is -0.562. The summed E-state index contributed by atoms with van der Waals surface area (Å²) in [5.41, 5.74) is 0.249. The zero-order chi connectivity index (χ0) is 12.5. The van der Waals surface area contributed by atoms with Gasteiger partial charge in [-0.25, -0.2) is 9.78 Å². The van der Waals surface area contributed by atoms with E-state index >= 15 is 0 Å². The number of esters is 1. The molecule has 0 spiro atoms. The lowest BCUT2D eigenvalue weighted by atomic mass is 10.1. The molecule has 0 unspecified atom stereocenters. The van der Waals surface area contributed by atoms with Crippen LogP contribution in [0.2, 0.25) is 10.2 Å². The molecule has 0 aromatic carbocycles. The molecule has 0 saturated carbocycles. The highest BCUT2D eigenvalue weighted by Crippen LogP contribution is 2.26. The Balaban J connectivity index is 3.06. The third-order valence-corrected chi connectivity index (χ3v) is 2.67. The molecule has 3 nitrogen and oxygen atoms in total. The van der Waals surface area contributed by atoms with Gasteiger partial charge in [-0.2, -0.15) is 0 Å². The predicted molar refractivity (Wildman–Crippen MR) is 64.2 cm³/mol. The Bertz CT molecular complexity index is 425. The molecule has 0 N–H and O–H groups in total. The Hall–Kier alpha value is -0.800. The summed E-state index contributed by atoms with van der Waals surface area (Å²) in [6.07, 6.45) is 1.33. The van der Waals surface area contributed by atoms with Gasteiger partial charge in [0.2, 0.25) is 0 Å². The van der Waals surface area contributed by atoms with Gasteiger partial charge in [0.15, 0.2) is 0 Å². The van der Waals surface area contributed by atoms with E-state index in [0.717, 1.165) is 0 Å². The zero-order valence-corrected chi connectivity index (χ0v) is 11.1. The van der Waals surface area contributed by atoms with Crippen molar-refractivity contribution >= 4 is 29.2 Å². The van der Waals surface area contributed by atoms with Gasteiger partial charge in [0, 0.05) is 11.8 Å². The van der Waals surface area contributed by atoms with Gasteiger partial charge >= 0.3 is 5.97 Å². The molecular weight excluding hydrogens is 249 g/mol. The second kappa shape index (κ2) is 4.60. The molecule has 1 aromatic heterocycles. The number of pyridine rings is 1. The monoisotopic (exact) mass is 261 g/mol. The molecule has 0 radical (unpaired) electrons. The third-order valence-electron chi connectivity index (χ3n) is 1.80. The van der Waals surface area contributed by atoms with Gasteiger partial charge < -0.3 is 4.74 Å². The fraction of sp³-hybridized carbons (Fsp3) is 0.455. The Morgan fingerprint density at radius 3 is 2.44 bits per heavy atom. The highest BCUT2D eigenvalue weighted by Gasteiger charge is 2.21. The molecule has 5 heteroatoms. The van der Waals surface area contributed by atoms with Crippen LogP contribution >= 0.6 is 23.2 Å². The second-order valence-electron chi connectivity index (χ2n) is 4.40. The van der Waals surface area contributed by atoms with Crippen molar-refractivity contribution < 1.29 is 9.53 Å². The van der Waals surface area contributed by atoms with Crippen molar-refractivity contribution in [3.63, 3.8) is 0 Å². The number of rotatable bonds is 1. The summed E-state index contributed by atoms with van der Waals surface area (Å²) in [5, 5.41) is 0.576. The van der Waals surface area contributed by atoms with Crippen LogP contribution in [0.3, 0.4) is 0 Å². The molecule has 0 aliphatic heterocycles. The average molecular weight is 262 g/mol. The Morgan fingerprint density at radius 2 is 1.94 bits per heavy atom. The van der Waals surface area contributed by atoms with Gasteiger partial charge in [-0.15, -0.1) is 0 Å². The van der Waals surface area contributed by atoms with E-state index in [0.29, 0.717) is 5.56 Å². The molecule has 0 bridgehead atoms. The Morgan fingerprint density at radius 1 is 1.38 bits per heavy atom. The van der Waals surface area contributed by atoms with Gasteiger partial charge in [0.1, 0.15) is 10.8 Å². The van der Waals surface area contributed by atoms with E-state index < -0.39 is 11.6 Å². The quantitative estimate of drug-likeness (QED) is 0.572. The largest absolute Gasteiger partial charge is 0.456 e. The fourth-order valence-corrected chi connectivity index (χ4v) is 1.45. The van der Waals surface area contributed by atoms with E-state index in [1.807, 2.05) is 0 Å². The van der Waals surface area contributed by atoms with Crippen molar-refractivity contribution in [2.45, 2.75) is 33.3 Å². The van der Waals surface area contributed by atoms with E-state index in [4.69, 9.17) is 27.9 Å². The fourth-order valence-electron chi connectivity index (χ4n) is 1.04.